The fourth-order valence-electron chi connectivity index (χ4n) is 3.26. The minimum absolute atomic E-state index is 0.0108. The van der Waals surface area contributed by atoms with E-state index in [-0.39, 0.29) is 23.9 Å². The van der Waals surface area contributed by atoms with Crippen molar-refractivity contribution in [3.05, 3.63) is 51.7 Å². The Morgan fingerprint density at radius 2 is 2.22 bits per heavy atom. The highest BCUT2D eigenvalue weighted by molar-refractivity contribution is 7.09. The predicted molar refractivity (Wildman–Crippen MR) is 86.7 cm³/mol. The van der Waals surface area contributed by atoms with Gasteiger partial charge in [-0.3, -0.25) is 0 Å². The molecule has 1 fully saturated rings. The van der Waals surface area contributed by atoms with Crippen LogP contribution in [0.2, 0.25) is 0 Å². The van der Waals surface area contributed by atoms with Crippen LogP contribution in [0.1, 0.15) is 47.5 Å². The van der Waals surface area contributed by atoms with Crippen LogP contribution in [0.15, 0.2) is 29.8 Å². The van der Waals surface area contributed by atoms with Gasteiger partial charge in [0.05, 0.1) is 12.1 Å². The summed E-state index contributed by atoms with van der Waals surface area (Å²) >= 11 is 1.57. The van der Waals surface area contributed by atoms with Crippen molar-refractivity contribution in [1.29, 1.82) is 0 Å². The van der Waals surface area contributed by atoms with Gasteiger partial charge in [0, 0.05) is 11.6 Å². The number of aromatic nitrogens is 1. The van der Waals surface area contributed by atoms with Gasteiger partial charge in [-0.15, -0.1) is 11.3 Å². The zero-order valence-corrected chi connectivity index (χ0v) is 13.4. The minimum Gasteiger partial charge on any atom is -0.331 e. The molecule has 1 saturated carbocycles. The summed E-state index contributed by atoms with van der Waals surface area (Å²) in [5.74, 6) is 0.233. The third kappa shape index (κ3) is 3.08. The molecule has 2 aliphatic rings. The van der Waals surface area contributed by atoms with Gasteiger partial charge in [0.2, 0.25) is 0 Å². The average molecular weight is 331 g/mol. The highest BCUT2D eigenvalue weighted by Crippen LogP contribution is 2.41. The molecule has 4 nitrogen and oxygen atoms in total. The number of rotatable bonds is 4. The summed E-state index contributed by atoms with van der Waals surface area (Å²) in [6.07, 6.45) is 5.71. The molecular weight excluding hydrogens is 313 g/mol. The van der Waals surface area contributed by atoms with Gasteiger partial charge in [0.15, 0.2) is 0 Å². The molecule has 1 aromatic heterocycles. The van der Waals surface area contributed by atoms with Crippen LogP contribution in [0.5, 0.6) is 0 Å². The number of amides is 2. The molecule has 120 valence electrons. The maximum Gasteiger partial charge on any atom is 0.315 e. The third-order valence-electron chi connectivity index (χ3n) is 4.59. The van der Waals surface area contributed by atoms with Gasteiger partial charge in [-0.1, -0.05) is 6.07 Å². The normalized spacial score (nSPS) is 20.8. The van der Waals surface area contributed by atoms with E-state index in [0.717, 1.165) is 41.8 Å². The van der Waals surface area contributed by atoms with E-state index >= 15 is 0 Å². The lowest BCUT2D eigenvalue weighted by atomic mass is 10.1. The van der Waals surface area contributed by atoms with Crippen molar-refractivity contribution in [3.63, 3.8) is 0 Å². The van der Waals surface area contributed by atoms with Crippen LogP contribution >= 0.6 is 11.3 Å². The van der Waals surface area contributed by atoms with Crippen LogP contribution in [0.4, 0.5) is 9.18 Å². The van der Waals surface area contributed by atoms with Crippen LogP contribution in [0.25, 0.3) is 0 Å². The maximum absolute atomic E-state index is 13.4. The largest absolute Gasteiger partial charge is 0.331 e. The van der Waals surface area contributed by atoms with Gasteiger partial charge in [0.1, 0.15) is 10.8 Å². The lowest BCUT2D eigenvalue weighted by molar-refractivity contribution is 0.231. The fraction of sp³-hybridized carbons (Fsp3) is 0.412. The van der Waals surface area contributed by atoms with E-state index in [1.165, 1.54) is 12.1 Å². The minimum atomic E-state index is -0.253. The van der Waals surface area contributed by atoms with Gasteiger partial charge in [-0.25, -0.2) is 14.2 Å². The Hall–Kier alpha value is -1.95. The van der Waals surface area contributed by atoms with E-state index in [1.54, 1.807) is 17.5 Å². The molecule has 0 radical (unpaired) electrons. The molecule has 0 spiro atoms. The van der Waals surface area contributed by atoms with Crippen molar-refractivity contribution < 1.29 is 9.18 Å². The molecule has 0 saturated heterocycles. The summed E-state index contributed by atoms with van der Waals surface area (Å²) in [5.41, 5.74) is 2.02. The molecule has 2 aliphatic carbocycles. The van der Waals surface area contributed by atoms with Gasteiger partial charge < -0.3 is 10.6 Å². The summed E-state index contributed by atoms with van der Waals surface area (Å²) < 4.78 is 13.4. The molecule has 2 aromatic rings. The monoisotopic (exact) mass is 331 g/mol. The van der Waals surface area contributed by atoms with Crippen LogP contribution in [0, 0.1) is 11.7 Å². The Morgan fingerprint density at radius 3 is 2.96 bits per heavy atom. The molecule has 1 heterocycles. The van der Waals surface area contributed by atoms with Crippen molar-refractivity contribution in [3.8, 4) is 0 Å². The number of aryl methyl sites for hydroxylation is 1. The smallest absolute Gasteiger partial charge is 0.315 e. The summed E-state index contributed by atoms with van der Waals surface area (Å²) in [5, 5.41) is 8.94. The van der Waals surface area contributed by atoms with E-state index in [1.807, 2.05) is 11.4 Å². The van der Waals surface area contributed by atoms with Crippen molar-refractivity contribution in [2.45, 2.75) is 37.8 Å². The quantitative estimate of drug-likeness (QED) is 0.897. The highest BCUT2D eigenvalue weighted by Gasteiger charge is 2.35. The van der Waals surface area contributed by atoms with E-state index in [9.17, 15) is 9.18 Å². The number of carbonyl (C=O) groups is 1. The van der Waals surface area contributed by atoms with Gasteiger partial charge >= 0.3 is 6.03 Å². The topological polar surface area (TPSA) is 54.0 Å². The lowest BCUT2D eigenvalue weighted by Gasteiger charge is -2.19. The first-order chi connectivity index (χ1) is 11.2. The molecule has 1 aromatic carbocycles. The SMILES string of the molecule is O=C(N[C@H]1CCc2ccc(F)cc21)N[C@@H](c1nccs1)C1CC1. The van der Waals surface area contributed by atoms with Crippen molar-refractivity contribution in [2.24, 2.45) is 5.92 Å². The van der Waals surface area contributed by atoms with E-state index < -0.39 is 0 Å². The Balaban J connectivity index is 1.44. The lowest BCUT2D eigenvalue weighted by Crippen LogP contribution is -2.40. The summed E-state index contributed by atoms with van der Waals surface area (Å²) in [7, 11) is 0. The van der Waals surface area contributed by atoms with E-state index in [2.05, 4.69) is 15.6 Å². The first kappa shape index (κ1) is 14.6. The number of thiazole rings is 1. The summed E-state index contributed by atoms with van der Waals surface area (Å²) in [6.45, 7) is 0. The number of urea groups is 1. The van der Waals surface area contributed by atoms with Crippen LogP contribution < -0.4 is 10.6 Å². The standard InChI is InChI=1S/C17H18FN3OS/c18-12-5-3-10-4-6-14(13(10)9-12)20-17(22)21-15(11-1-2-11)16-19-7-8-23-16/h3,5,7-9,11,14-15H,1-2,4,6H2,(H2,20,21,22)/t14-,15+/m0/s1. The molecule has 0 unspecified atom stereocenters. The Morgan fingerprint density at radius 1 is 1.35 bits per heavy atom. The second-order valence-corrected chi connectivity index (χ2v) is 7.16. The van der Waals surface area contributed by atoms with Crippen molar-refractivity contribution in [1.82, 2.24) is 15.6 Å². The molecule has 0 aliphatic heterocycles. The van der Waals surface area contributed by atoms with E-state index in [4.69, 9.17) is 0 Å². The van der Waals surface area contributed by atoms with Crippen molar-refractivity contribution in [2.75, 3.05) is 0 Å². The van der Waals surface area contributed by atoms with Crippen molar-refractivity contribution >= 4 is 17.4 Å². The highest BCUT2D eigenvalue weighted by atomic mass is 32.1. The molecule has 0 bridgehead atoms. The average Bonchev–Trinajstić information content (AvgIpc) is 3.08. The predicted octanol–water partition coefficient (Wildman–Crippen LogP) is 3.72. The Kier molecular flexibility index (Phi) is 3.77. The number of halogens is 1. The molecular formula is C17H18FN3OS. The second kappa shape index (κ2) is 5.92. The number of nitrogens with zero attached hydrogens (tertiary/aromatic N) is 1. The number of benzene rings is 1. The van der Waals surface area contributed by atoms with Crippen LogP contribution in [-0.2, 0) is 6.42 Å². The molecule has 2 N–H and O–H groups in total. The van der Waals surface area contributed by atoms with Gasteiger partial charge in [0.25, 0.3) is 0 Å². The fourth-order valence-corrected chi connectivity index (χ4v) is 4.04. The maximum atomic E-state index is 13.4. The molecule has 2 atom stereocenters. The number of carbonyl (C=O) groups excluding carboxylic acids is 1. The zero-order chi connectivity index (χ0) is 15.8. The second-order valence-electron chi connectivity index (χ2n) is 6.24. The molecule has 6 heteroatoms. The summed E-state index contributed by atoms with van der Waals surface area (Å²) in [4.78, 5) is 16.7. The number of hydrogen-bond donors (Lipinski definition) is 2. The van der Waals surface area contributed by atoms with Gasteiger partial charge in [-0.2, -0.15) is 0 Å². The van der Waals surface area contributed by atoms with E-state index in [0.29, 0.717) is 5.92 Å². The zero-order valence-electron chi connectivity index (χ0n) is 12.6. The third-order valence-corrected chi connectivity index (χ3v) is 5.45. The Labute approximate surface area is 138 Å². The summed E-state index contributed by atoms with van der Waals surface area (Å²) in [6, 6.07) is 4.51. The van der Waals surface area contributed by atoms with Gasteiger partial charge in [-0.05, 0) is 54.9 Å². The molecule has 4 rings (SSSR count). The number of hydrogen-bond acceptors (Lipinski definition) is 3. The first-order valence-corrected chi connectivity index (χ1v) is 8.83. The number of fused-ring (bicyclic) bond motifs is 1. The molecule has 2 amide bonds. The van der Waals surface area contributed by atoms with Crippen LogP contribution in [-0.4, -0.2) is 11.0 Å². The number of nitrogens with one attached hydrogen (secondary N) is 2. The first-order valence-electron chi connectivity index (χ1n) is 7.95. The molecule has 23 heavy (non-hydrogen) atoms. The van der Waals surface area contributed by atoms with Crippen LogP contribution in [0.3, 0.4) is 0 Å². The Bertz CT molecular complexity index is 715.